The van der Waals surface area contributed by atoms with Gasteiger partial charge in [-0.1, -0.05) is 0 Å². The van der Waals surface area contributed by atoms with E-state index in [1.165, 1.54) is 12.4 Å². The van der Waals surface area contributed by atoms with Gasteiger partial charge in [0.25, 0.3) is 11.8 Å². The second kappa shape index (κ2) is 6.55. The maximum Gasteiger partial charge on any atom is 0.302 e. The van der Waals surface area contributed by atoms with Crippen molar-refractivity contribution in [2.75, 3.05) is 17.4 Å². The molecule has 0 atom stereocenters. The van der Waals surface area contributed by atoms with Crippen molar-refractivity contribution < 1.29 is 23.5 Å². The van der Waals surface area contributed by atoms with Gasteiger partial charge < -0.3 is 19.2 Å². The van der Waals surface area contributed by atoms with E-state index in [4.69, 9.17) is 13.9 Å². The summed E-state index contributed by atoms with van der Waals surface area (Å²) in [5, 5.41) is 5.14. The fraction of sp³-hybridized carbons (Fsp3) is 0.0588. The number of hydrogen-bond donors (Lipinski definition) is 2. The fourth-order valence-electron chi connectivity index (χ4n) is 2.28. The summed E-state index contributed by atoms with van der Waals surface area (Å²) in [6, 6.07) is 8.03. The van der Waals surface area contributed by atoms with Crippen molar-refractivity contribution in [2.24, 2.45) is 0 Å². The third-order valence-electron chi connectivity index (χ3n) is 3.53. The second-order valence-corrected chi connectivity index (χ2v) is 5.25. The highest BCUT2D eigenvalue weighted by Gasteiger charge is 2.17. The average molecular weight is 352 g/mol. The normalized spacial score (nSPS) is 11.8. The van der Waals surface area contributed by atoms with Crippen LogP contribution in [0.25, 0.3) is 0 Å². The Balaban J connectivity index is 1.42. The van der Waals surface area contributed by atoms with Crippen LogP contribution < -0.4 is 20.1 Å². The molecule has 3 heterocycles. The number of amides is 2. The Morgan fingerprint density at radius 2 is 1.77 bits per heavy atom. The number of aromatic nitrogens is 2. The minimum atomic E-state index is -0.489. The van der Waals surface area contributed by atoms with E-state index >= 15 is 0 Å². The predicted octanol–water partition coefficient (Wildman–Crippen LogP) is 2.30. The number of hydrogen-bond acceptors (Lipinski definition) is 7. The molecule has 2 amide bonds. The Morgan fingerprint density at radius 1 is 0.962 bits per heavy atom. The van der Waals surface area contributed by atoms with Gasteiger partial charge >= 0.3 is 6.01 Å². The number of nitrogens with zero attached hydrogens (tertiary/aromatic N) is 2. The zero-order valence-corrected chi connectivity index (χ0v) is 13.3. The molecule has 130 valence electrons. The first-order valence-electron chi connectivity index (χ1n) is 7.57. The van der Waals surface area contributed by atoms with Crippen molar-refractivity contribution in [3.8, 4) is 11.5 Å². The van der Waals surface area contributed by atoms with E-state index in [0.29, 0.717) is 22.7 Å². The lowest BCUT2D eigenvalue weighted by atomic mass is 10.2. The molecule has 2 aromatic heterocycles. The van der Waals surface area contributed by atoms with E-state index in [1.54, 1.807) is 30.3 Å². The van der Waals surface area contributed by atoms with Crippen LogP contribution in [0.2, 0.25) is 0 Å². The Morgan fingerprint density at radius 3 is 2.62 bits per heavy atom. The number of anilines is 2. The third kappa shape index (κ3) is 3.18. The number of benzene rings is 1. The first-order valence-corrected chi connectivity index (χ1v) is 7.57. The van der Waals surface area contributed by atoms with Gasteiger partial charge in [-0.05, 0) is 24.3 Å². The number of rotatable bonds is 4. The molecule has 4 rings (SSSR count). The van der Waals surface area contributed by atoms with Gasteiger partial charge in [0.05, 0.1) is 0 Å². The molecular formula is C17H12N4O5. The highest BCUT2D eigenvalue weighted by Crippen LogP contribution is 2.34. The maximum absolute atomic E-state index is 12.3. The summed E-state index contributed by atoms with van der Waals surface area (Å²) < 4.78 is 15.6. The lowest BCUT2D eigenvalue weighted by Crippen LogP contribution is -2.14. The van der Waals surface area contributed by atoms with E-state index in [2.05, 4.69) is 20.6 Å². The Bertz CT molecular complexity index is 970. The molecular weight excluding hydrogens is 340 g/mol. The number of fused-ring (bicyclic) bond motifs is 1. The van der Waals surface area contributed by atoms with Crippen molar-refractivity contribution >= 4 is 23.5 Å². The molecule has 1 aliphatic heterocycles. The van der Waals surface area contributed by atoms with Gasteiger partial charge in [0.1, 0.15) is 6.26 Å². The topological polar surface area (TPSA) is 116 Å². The van der Waals surface area contributed by atoms with Gasteiger partial charge in [-0.15, -0.1) is 0 Å². The zero-order chi connectivity index (χ0) is 17.9. The lowest BCUT2D eigenvalue weighted by Gasteiger charge is -2.04. The molecule has 9 heteroatoms. The molecule has 0 spiro atoms. The first kappa shape index (κ1) is 15.6. The molecule has 0 aliphatic carbocycles. The van der Waals surface area contributed by atoms with Crippen molar-refractivity contribution in [1.29, 1.82) is 0 Å². The van der Waals surface area contributed by atoms with Gasteiger partial charge in [-0.3, -0.25) is 19.9 Å². The van der Waals surface area contributed by atoms with E-state index < -0.39 is 11.8 Å². The van der Waals surface area contributed by atoms with Gasteiger partial charge in [0.2, 0.25) is 6.79 Å². The predicted molar refractivity (Wildman–Crippen MR) is 89.2 cm³/mol. The van der Waals surface area contributed by atoms with Gasteiger partial charge in [0, 0.05) is 29.7 Å². The molecule has 2 N–H and O–H groups in total. The van der Waals surface area contributed by atoms with E-state index in [0.717, 1.165) is 6.26 Å². The van der Waals surface area contributed by atoms with E-state index in [1.807, 2.05) is 0 Å². The molecule has 0 bridgehead atoms. The summed E-state index contributed by atoms with van der Waals surface area (Å²) >= 11 is 0. The number of carbonyl (C=O) groups excluding carboxylic acids is 2. The number of nitrogens with one attached hydrogen (secondary N) is 2. The minimum Gasteiger partial charge on any atom is -0.454 e. The minimum absolute atomic E-state index is 0.0210. The van der Waals surface area contributed by atoms with Crippen LogP contribution in [-0.4, -0.2) is 28.6 Å². The van der Waals surface area contributed by atoms with E-state index in [-0.39, 0.29) is 18.5 Å². The Hall–Kier alpha value is -3.88. The highest BCUT2D eigenvalue weighted by molar-refractivity contribution is 6.05. The van der Waals surface area contributed by atoms with Crippen LogP contribution in [-0.2, 0) is 0 Å². The molecule has 3 aromatic rings. The van der Waals surface area contributed by atoms with Crippen LogP contribution in [0.3, 0.4) is 0 Å². The second-order valence-electron chi connectivity index (χ2n) is 5.25. The average Bonchev–Trinajstić information content (AvgIpc) is 3.31. The molecule has 0 unspecified atom stereocenters. The fourth-order valence-corrected chi connectivity index (χ4v) is 2.28. The largest absolute Gasteiger partial charge is 0.454 e. The maximum atomic E-state index is 12.3. The lowest BCUT2D eigenvalue weighted by molar-refractivity contribution is 0.101. The number of ether oxygens (including phenoxy) is 2. The van der Waals surface area contributed by atoms with Crippen molar-refractivity contribution in [2.45, 2.75) is 0 Å². The zero-order valence-electron chi connectivity index (χ0n) is 13.3. The molecule has 1 aliphatic rings. The van der Waals surface area contributed by atoms with Gasteiger partial charge in [0.15, 0.2) is 17.2 Å². The van der Waals surface area contributed by atoms with E-state index in [9.17, 15) is 9.59 Å². The van der Waals surface area contributed by atoms with Crippen molar-refractivity contribution in [3.63, 3.8) is 0 Å². The smallest absolute Gasteiger partial charge is 0.302 e. The molecule has 9 nitrogen and oxygen atoms in total. The summed E-state index contributed by atoms with van der Waals surface area (Å²) in [6.07, 6.45) is 4.15. The summed E-state index contributed by atoms with van der Waals surface area (Å²) in [7, 11) is 0. The van der Waals surface area contributed by atoms with Crippen molar-refractivity contribution in [1.82, 2.24) is 9.97 Å². The number of pyridine rings is 1. The van der Waals surface area contributed by atoms with Crippen LogP contribution in [0.1, 0.15) is 20.8 Å². The number of oxazole rings is 1. The molecule has 0 saturated heterocycles. The van der Waals surface area contributed by atoms with Gasteiger partial charge in [-0.2, -0.15) is 4.98 Å². The first-order chi connectivity index (χ1) is 12.7. The molecule has 1 aromatic carbocycles. The standard InChI is InChI=1S/C17H12N4O5/c22-15(10-3-5-18-6-4-10)21-17-20-12(8-24-17)16(23)19-11-1-2-13-14(7-11)26-9-25-13/h1-8H,9H2,(H,19,23)(H,20,21,22). The molecule has 26 heavy (non-hydrogen) atoms. The third-order valence-corrected chi connectivity index (χ3v) is 3.53. The van der Waals surface area contributed by atoms with Crippen molar-refractivity contribution in [3.05, 3.63) is 60.2 Å². The Labute approximate surface area is 147 Å². The monoisotopic (exact) mass is 352 g/mol. The van der Waals surface area contributed by atoms with Crippen LogP contribution in [0.5, 0.6) is 11.5 Å². The summed E-state index contributed by atoms with van der Waals surface area (Å²) in [6.45, 7) is 0.149. The van der Waals surface area contributed by atoms with Crippen LogP contribution in [0.15, 0.2) is 53.4 Å². The molecule has 0 saturated carbocycles. The number of carbonyl (C=O) groups is 2. The molecule has 0 radical (unpaired) electrons. The quantitative estimate of drug-likeness (QED) is 0.740. The van der Waals surface area contributed by atoms with Crippen LogP contribution in [0.4, 0.5) is 11.7 Å². The van der Waals surface area contributed by atoms with Crippen LogP contribution in [0, 0.1) is 0 Å². The highest BCUT2D eigenvalue weighted by atomic mass is 16.7. The summed E-state index contributed by atoms with van der Waals surface area (Å²) in [5.41, 5.74) is 0.932. The van der Waals surface area contributed by atoms with Crippen LogP contribution >= 0.6 is 0 Å². The summed E-state index contributed by atoms with van der Waals surface area (Å²) in [4.78, 5) is 32.1. The van der Waals surface area contributed by atoms with Gasteiger partial charge in [-0.25, -0.2) is 0 Å². The molecule has 0 fully saturated rings. The summed E-state index contributed by atoms with van der Waals surface area (Å²) in [5.74, 6) is 0.257. The SMILES string of the molecule is O=C(Nc1nc(C(=O)Nc2ccc3c(c2)OCO3)co1)c1ccncc1. The Kier molecular flexibility index (Phi) is 3.94.